The molecule has 0 bridgehead atoms. The second kappa shape index (κ2) is 7.13. The molecular formula is C19H16N4O5S. The first-order valence-electron chi connectivity index (χ1n) is 8.58. The number of thiophene rings is 1. The summed E-state index contributed by atoms with van der Waals surface area (Å²) in [4.78, 5) is 42.7. The third kappa shape index (κ3) is 2.97. The van der Waals surface area contributed by atoms with Gasteiger partial charge in [-0.3, -0.25) is 9.59 Å². The van der Waals surface area contributed by atoms with Crippen molar-refractivity contribution in [3.05, 3.63) is 52.1 Å². The number of rotatable bonds is 4. The molecule has 0 spiro atoms. The van der Waals surface area contributed by atoms with E-state index in [1.807, 2.05) is 0 Å². The number of esters is 2. The van der Waals surface area contributed by atoms with Crippen molar-refractivity contribution in [2.45, 2.75) is 12.1 Å². The van der Waals surface area contributed by atoms with Gasteiger partial charge in [-0.25, -0.2) is 9.48 Å². The van der Waals surface area contributed by atoms with E-state index in [4.69, 9.17) is 9.47 Å². The highest BCUT2D eigenvalue weighted by atomic mass is 32.1. The first-order chi connectivity index (χ1) is 14.0. The highest BCUT2D eigenvalue weighted by Crippen LogP contribution is 2.39. The molecule has 29 heavy (non-hydrogen) atoms. The van der Waals surface area contributed by atoms with Crippen LogP contribution in [0.3, 0.4) is 0 Å². The quantitative estimate of drug-likeness (QED) is 0.646. The summed E-state index contributed by atoms with van der Waals surface area (Å²) < 4.78 is 11.0. The third-order valence-electron chi connectivity index (χ3n) is 4.59. The fourth-order valence-electron chi connectivity index (χ4n) is 3.24. The zero-order chi connectivity index (χ0) is 20.6. The lowest BCUT2D eigenvalue weighted by Crippen LogP contribution is -2.55. The van der Waals surface area contributed by atoms with Gasteiger partial charge < -0.3 is 14.8 Å². The fraction of sp³-hybridized carbons (Fsp3) is 0.211. The molecule has 1 atom stereocenters. The van der Waals surface area contributed by atoms with Crippen LogP contribution in [0.1, 0.15) is 6.42 Å². The van der Waals surface area contributed by atoms with Crippen LogP contribution in [0.15, 0.2) is 46.6 Å². The zero-order valence-corrected chi connectivity index (χ0v) is 16.4. The number of para-hydroxylation sites is 1. The molecular weight excluding hydrogens is 396 g/mol. The second-order valence-electron chi connectivity index (χ2n) is 6.25. The van der Waals surface area contributed by atoms with Gasteiger partial charge in [0.1, 0.15) is 6.42 Å². The number of carbonyl (C=O) groups excluding carboxylic acids is 2. The van der Waals surface area contributed by atoms with E-state index in [-0.39, 0.29) is 11.5 Å². The van der Waals surface area contributed by atoms with Crippen LogP contribution >= 0.6 is 11.3 Å². The van der Waals surface area contributed by atoms with E-state index in [0.29, 0.717) is 16.1 Å². The van der Waals surface area contributed by atoms with Gasteiger partial charge in [-0.2, -0.15) is 10.1 Å². The number of aromatic nitrogens is 3. The first-order valence-corrected chi connectivity index (χ1v) is 9.46. The molecule has 0 saturated heterocycles. The molecule has 3 aromatic rings. The van der Waals surface area contributed by atoms with Crippen molar-refractivity contribution in [2.75, 3.05) is 19.5 Å². The molecule has 3 heterocycles. The van der Waals surface area contributed by atoms with Crippen LogP contribution in [0.2, 0.25) is 0 Å². The number of ether oxygens (including phenoxy) is 2. The van der Waals surface area contributed by atoms with Gasteiger partial charge >= 0.3 is 17.5 Å². The van der Waals surface area contributed by atoms with E-state index < -0.39 is 29.6 Å². The SMILES string of the molecule is COC(=O)C[C@]1(C(=O)OC)Nc2ccccc2-c2nc(=O)c(-c3cccs3)nn21. The molecule has 10 heteroatoms. The molecule has 0 saturated carbocycles. The Bertz CT molecular complexity index is 1160. The van der Waals surface area contributed by atoms with Crippen molar-refractivity contribution in [3.8, 4) is 22.0 Å². The molecule has 1 N–H and O–H groups in total. The van der Waals surface area contributed by atoms with Gasteiger partial charge in [-0.05, 0) is 23.6 Å². The molecule has 4 rings (SSSR count). The minimum absolute atomic E-state index is 0.0723. The minimum atomic E-state index is -1.77. The van der Waals surface area contributed by atoms with Crippen LogP contribution in [0.4, 0.5) is 5.69 Å². The number of carbonyl (C=O) groups is 2. The monoisotopic (exact) mass is 412 g/mol. The van der Waals surface area contributed by atoms with Crippen LogP contribution in [-0.4, -0.2) is 40.9 Å². The molecule has 9 nitrogen and oxygen atoms in total. The van der Waals surface area contributed by atoms with Gasteiger partial charge in [-0.1, -0.05) is 18.2 Å². The maximum Gasteiger partial charge on any atom is 0.355 e. The molecule has 0 radical (unpaired) electrons. The Kier molecular flexibility index (Phi) is 4.63. The smallest absolute Gasteiger partial charge is 0.355 e. The fourth-order valence-corrected chi connectivity index (χ4v) is 3.94. The highest BCUT2D eigenvalue weighted by Gasteiger charge is 2.50. The zero-order valence-electron chi connectivity index (χ0n) is 15.5. The second-order valence-corrected chi connectivity index (χ2v) is 7.20. The molecule has 1 aromatic carbocycles. The summed E-state index contributed by atoms with van der Waals surface area (Å²) in [5, 5.41) is 9.31. The average molecular weight is 412 g/mol. The lowest BCUT2D eigenvalue weighted by atomic mass is 9.99. The number of methoxy groups -OCH3 is 2. The maximum absolute atomic E-state index is 12.9. The highest BCUT2D eigenvalue weighted by molar-refractivity contribution is 7.13. The van der Waals surface area contributed by atoms with Gasteiger partial charge in [0.15, 0.2) is 11.5 Å². The lowest BCUT2D eigenvalue weighted by Gasteiger charge is -2.38. The minimum Gasteiger partial charge on any atom is -0.469 e. The van der Waals surface area contributed by atoms with E-state index in [1.54, 1.807) is 41.8 Å². The van der Waals surface area contributed by atoms with Crippen molar-refractivity contribution in [2.24, 2.45) is 0 Å². The first kappa shape index (κ1) is 18.8. The van der Waals surface area contributed by atoms with Crippen LogP contribution < -0.4 is 10.9 Å². The predicted octanol–water partition coefficient (Wildman–Crippen LogP) is 1.85. The Hall–Kier alpha value is -3.53. The largest absolute Gasteiger partial charge is 0.469 e. The van der Waals surface area contributed by atoms with Crippen LogP contribution in [0.25, 0.3) is 22.0 Å². The number of benzene rings is 1. The molecule has 0 amide bonds. The van der Waals surface area contributed by atoms with Gasteiger partial charge in [-0.15, -0.1) is 11.3 Å². The summed E-state index contributed by atoms with van der Waals surface area (Å²) in [5.74, 6) is -1.28. The Balaban J connectivity index is 2.05. The van der Waals surface area contributed by atoms with Crippen molar-refractivity contribution in [1.29, 1.82) is 0 Å². The van der Waals surface area contributed by atoms with E-state index >= 15 is 0 Å². The summed E-state index contributed by atoms with van der Waals surface area (Å²) in [6.07, 6.45) is -0.418. The summed E-state index contributed by atoms with van der Waals surface area (Å²) in [5.41, 5.74) is -1.15. The lowest BCUT2D eigenvalue weighted by molar-refractivity contribution is -0.157. The van der Waals surface area contributed by atoms with Gasteiger partial charge in [0.2, 0.25) is 5.66 Å². The van der Waals surface area contributed by atoms with Gasteiger partial charge in [0.05, 0.1) is 19.1 Å². The Labute approximate surface area is 168 Å². The Morgan fingerprint density at radius 1 is 1.17 bits per heavy atom. The van der Waals surface area contributed by atoms with E-state index in [2.05, 4.69) is 15.4 Å². The predicted molar refractivity (Wildman–Crippen MR) is 105 cm³/mol. The molecule has 0 fully saturated rings. The number of fused-ring (bicyclic) bond motifs is 3. The van der Waals surface area contributed by atoms with Crippen LogP contribution in [0.5, 0.6) is 0 Å². The summed E-state index contributed by atoms with van der Waals surface area (Å²) in [6.45, 7) is 0. The average Bonchev–Trinajstić information content (AvgIpc) is 3.27. The number of hydrogen-bond acceptors (Lipinski definition) is 9. The van der Waals surface area contributed by atoms with Crippen molar-refractivity contribution >= 4 is 29.0 Å². The molecule has 1 aliphatic rings. The van der Waals surface area contributed by atoms with E-state index in [0.717, 1.165) is 0 Å². The normalized spacial score (nSPS) is 16.9. The van der Waals surface area contributed by atoms with Crippen molar-refractivity contribution < 1.29 is 19.1 Å². The van der Waals surface area contributed by atoms with Crippen molar-refractivity contribution in [1.82, 2.24) is 14.8 Å². The number of anilines is 1. The van der Waals surface area contributed by atoms with E-state index in [1.165, 1.54) is 30.2 Å². The van der Waals surface area contributed by atoms with Crippen LogP contribution in [-0.2, 0) is 24.7 Å². The number of nitrogens with zero attached hydrogens (tertiary/aromatic N) is 3. The topological polar surface area (TPSA) is 112 Å². The summed E-state index contributed by atoms with van der Waals surface area (Å²) >= 11 is 1.32. The maximum atomic E-state index is 12.9. The summed E-state index contributed by atoms with van der Waals surface area (Å²) in [6, 6.07) is 10.5. The molecule has 1 aliphatic heterocycles. The van der Waals surface area contributed by atoms with Crippen LogP contribution in [0, 0.1) is 0 Å². The standard InChI is InChI=1S/C19H16N4O5S/c1-27-14(24)10-19(18(26)28-2)21-12-7-4-3-6-11(12)16-20-17(25)15(22-23(16)19)13-8-5-9-29-13/h3-9,21H,10H2,1-2H3/t19-/m0/s1. The third-order valence-corrected chi connectivity index (χ3v) is 5.46. The van der Waals surface area contributed by atoms with E-state index in [9.17, 15) is 14.4 Å². The number of nitrogens with one attached hydrogen (secondary N) is 1. The molecule has 2 aromatic heterocycles. The Morgan fingerprint density at radius 2 is 1.97 bits per heavy atom. The van der Waals surface area contributed by atoms with Crippen molar-refractivity contribution in [3.63, 3.8) is 0 Å². The number of hydrogen-bond donors (Lipinski definition) is 1. The molecule has 0 aliphatic carbocycles. The Morgan fingerprint density at radius 3 is 2.66 bits per heavy atom. The van der Waals surface area contributed by atoms with Gasteiger partial charge in [0.25, 0.3) is 0 Å². The molecule has 148 valence electrons. The molecule has 0 unspecified atom stereocenters. The van der Waals surface area contributed by atoms with Gasteiger partial charge in [0, 0.05) is 11.3 Å². The summed E-state index contributed by atoms with van der Waals surface area (Å²) in [7, 11) is 2.43.